The smallest absolute Gasteiger partial charge is 0.380 e. The van der Waals surface area contributed by atoms with Gasteiger partial charge in [0.2, 0.25) is 0 Å². The van der Waals surface area contributed by atoms with E-state index in [-0.39, 0.29) is 12.6 Å². The van der Waals surface area contributed by atoms with Crippen molar-refractivity contribution in [2.45, 2.75) is 25.1 Å². The van der Waals surface area contributed by atoms with Crippen molar-refractivity contribution in [3.63, 3.8) is 0 Å². The zero-order valence-corrected chi connectivity index (χ0v) is 8.21. The molecule has 4 nitrogen and oxygen atoms in total. The number of rotatable bonds is 2. The van der Waals surface area contributed by atoms with Crippen molar-refractivity contribution in [1.82, 2.24) is 5.06 Å². The fourth-order valence-electron chi connectivity index (χ4n) is 1.35. The van der Waals surface area contributed by atoms with Gasteiger partial charge in [-0.1, -0.05) is 0 Å². The number of ether oxygens (including phenoxy) is 1. The minimum atomic E-state index is -4.94. The van der Waals surface area contributed by atoms with Crippen LogP contribution < -0.4 is 0 Å². The molecule has 0 amide bonds. The summed E-state index contributed by atoms with van der Waals surface area (Å²) >= 11 is 0. The van der Waals surface area contributed by atoms with Gasteiger partial charge in [-0.25, -0.2) is 4.79 Å². The summed E-state index contributed by atoms with van der Waals surface area (Å²) in [5.74, 6) is -2.18. The van der Waals surface area contributed by atoms with E-state index in [0.29, 0.717) is 13.0 Å². The Labute approximate surface area is 84.9 Å². The van der Waals surface area contributed by atoms with Gasteiger partial charge in [0.1, 0.15) is 0 Å². The van der Waals surface area contributed by atoms with Crippen LogP contribution in [-0.2, 0) is 14.4 Å². The van der Waals surface area contributed by atoms with E-state index in [4.69, 9.17) is 4.74 Å². The standard InChI is InChI=1S/C8H12F3NO3/c1-14-6-3-2-4-12(5-6)15-7(13)8(9,10)11/h6H,2-5H2,1H3. The quantitative estimate of drug-likeness (QED) is 0.708. The van der Waals surface area contributed by atoms with Gasteiger partial charge in [-0.3, -0.25) is 0 Å². The van der Waals surface area contributed by atoms with E-state index in [1.165, 1.54) is 7.11 Å². The van der Waals surface area contributed by atoms with E-state index in [1.807, 2.05) is 0 Å². The van der Waals surface area contributed by atoms with E-state index in [2.05, 4.69) is 4.84 Å². The summed E-state index contributed by atoms with van der Waals surface area (Å²) in [6.45, 7) is 0.486. The van der Waals surface area contributed by atoms with Crippen LogP contribution in [0.3, 0.4) is 0 Å². The van der Waals surface area contributed by atoms with Crippen molar-refractivity contribution < 1.29 is 27.5 Å². The number of hydrogen-bond acceptors (Lipinski definition) is 4. The van der Waals surface area contributed by atoms with Crippen LogP contribution in [0.4, 0.5) is 13.2 Å². The first-order valence-corrected chi connectivity index (χ1v) is 4.50. The summed E-state index contributed by atoms with van der Waals surface area (Å²) in [4.78, 5) is 14.7. The lowest BCUT2D eigenvalue weighted by Crippen LogP contribution is -2.43. The largest absolute Gasteiger partial charge is 0.492 e. The molecular formula is C8H12F3NO3. The lowest BCUT2D eigenvalue weighted by atomic mass is 10.1. The number of nitrogens with zero attached hydrogens (tertiary/aromatic N) is 1. The molecule has 88 valence electrons. The molecule has 15 heavy (non-hydrogen) atoms. The van der Waals surface area contributed by atoms with E-state index in [9.17, 15) is 18.0 Å². The van der Waals surface area contributed by atoms with Gasteiger partial charge in [0, 0.05) is 13.7 Å². The van der Waals surface area contributed by atoms with Crippen LogP contribution in [0.5, 0.6) is 0 Å². The number of hydrogen-bond donors (Lipinski definition) is 0. The van der Waals surface area contributed by atoms with Gasteiger partial charge in [0.15, 0.2) is 0 Å². The van der Waals surface area contributed by atoms with E-state index < -0.39 is 12.1 Å². The molecule has 0 saturated carbocycles. The number of alkyl halides is 3. The van der Waals surface area contributed by atoms with Crippen molar-refractivity contribution >= 4 is 5.97 Å². The Kier molecular flexibility index (Phi) is 3.92. The highest BCUT2D eigenvalue weighted by atomic mass is 19.4. The molecule has 1 heterocycles. The average molecular weight is 227 g/mol. The second-order valence-corrected chi connectivity index (χ2v) is 3.26. The van der Waals surface area contributed by atoms with Gasteiger partial charge in [0.05, 0.1) is 12.6 Å². The monoisotopic (exact) mass is 227 g/mol. The van der Waals surface area contributed by atoms with Crippen LogP contribution in [-0.4, -0.2) is 43.5 Å². The number of piperidine rings is 1. The maximum Gasteiger partial charge on any atom is 0.492 e. The highest BCUT2D eigenvalue weighted by Gasteiger charge is 2.43. The van der Waals surface area contributed by atoms with Crippen LogP contribution >= 0.6 is 0 Å². The first-order valence-electron chi connectivity index (χ1n) is 4.50. The highest BCUT2D eigenvalue weighted by Crippen LogP contribution is 2.19. The van der Waals surface area contributed by atoms with Crippen molar-refractivity contribution in [3.8, 4) is 0 Å². The molecule has 1 saturated heterocycles. The maximum absolute atomic E-state index is 11.9. The van der Waals surface area contributed by atoms with E-state index >= 15 is 0 Å². The van der Waals surface area contributed by atoms with Crippen LogP contribution in [0.2, 0.25) is 0 Å². The van der Waals surface area contributed by atoms with Crippen LogP contribution in [0.15, 0.2) is 0 Å². The van der Waals surface area contributed by atoms with Gasteiger partial charge in [-0.05, 0) is 12.8 Å². The predicted octanol–water partition coefficient (Wildman–Crippen LogP) is 1.12. The predicted molar refractivity (Wildman–Crippen MR) is 43.8 cm³/mol. The summed E-state index contributed by atoms with van der Waals surface area (Å²) in [6, 6.07) is 0. The third-order valence-corrected chi connectivity index (χ3v) is 2.12. The molecule has 0 N–H and O–H groups in total. The molecule has 1 aliphatic heterocycles. The Balaban J connectivity index is 2.41. The molecule has 0 aromatic rings. The number of carbonyl (C=O) groups is 1. The van der Waals surface area contributed by atoms with E-state index in [0.717, 1.165) is 11.5 Å². The molecule has 1 aliphatic rings. The maximum atomic E-state index is 11.9. The fourth-order valence-corrected chi connectivity index (χ4v) is 1.35. The molecule has 0 aromatic carbocycles. The molecule has 7 heteroatoms. The number of halogens is 3. The second kappa shape index (κ2) is 4.80. The second-order valence-electron chi connectivity index (χ2n) is 3.26. The summed E-state index contributed by atoms with van der Waals surface area (Å²) < 4.78 is 40.5. The van der Waals surface area contributed by atoms with Crippen molar-refractivity contribution in [1.29, 1.82) is 0 Å². The Morgan fingerprint density at radius 2 is 2.13 bits per heavy atom. The zero-order valence-electron chi connectivity index (χ0n) is 8.21. The molecule has 0 bridgehead atoms. The lowest BCUT2D eigenvalue weighted by Gasteiger charge is -2.30. The molecule has 0 aromatic heterocycles. The average Bonchev–Trinajstić information content (AvgIpc) is 2.16. The normalized spacial score (nSPS) is 23.9. The molecule has 1 unspecified atom stereocenters. The Hall–Kier alpha value is -0.820. The fraction of sp³-hybridized carbons (Fsp3) is 0.875. The zero-order chi connectivity index (χ0) is 11.5. The van der Waals surface area contributed by atoms with E-state index in [1.54, 1.807) is 0 Å². The molecule has 1 rings (SSSR count). The number of methoxy groups -OCH3 is 1. The summed E-state index contributed by atoms with van der Waals surface area (Å²) in [6.07, 6.45) is -3.72. The van der Waals surface area contributed by atoms with Crippen molar-refractivity contribution in [2.24, 2.45) is 0 Å². The SMILES string of the molecule is COC1CCCN(OC(=O)C(F)(F)F)C1. The van der Waals surface area contributed by atoms with Gasteiger partial charge in [0.25, 0.3) is 0 Å². The van der Waals surface area contributed by atoms with Crippen LogP contribution in [0, 0.1) is 0 Å². The summed E-state index contributed by atoms with van der Waals surface area (Å²) in [7, 11) is 1.47. The topological polar surface area (TPSA) is 38.8 Å². The Bertz CT molecular complexity index is 232. The van der Waals surface area contributed by atoms with Crippen LogP contribution in [0.25, 0.3) is 0 Å². The van der Waals surface area contributed by atoms with Gasteiger partial charge in [-0.2, -0.15) is 13.2 Å². The number of hydroxylamine groups is 2. The van der Waals surface area contributed by atoms with Crippen LogP contribution in [0.1, 0.15) is 12.8 Å². The third-order valence-electron chi connectivity index (χ3n) is 2.12. The lowest BCUT2D eigenvalue weighted by molar-refractivity contribution is -0.246. The Morgan fingerprint density at radius 1 is 1.47 bits per heavy atom. The first kappa shape index (κ1) is 12.3. The first-order chi connectivity index (χ1) is 6.93. The minimum Gasteiger partial charge on any atom is -0.380 e. The number of carbonyl (C=O) groups excluding carboxylic acids is 1. The Morgan fingerprint density at radius 3 is 2.67 bits per heavy atom. The molecule has 0 aliphatic carbocycles. The van der Waals surface area contributed by atoms with Crippen molar-refractivity contribution in [2.75, 3.05) is 20.2 Å². The van der Waals surface area contributed by atoms with Gasteiger partial charge in [-0.15, -0.1) is 5.06 Å². The molecule has 0 spiro atoms. The van der Waals surface area contributed by atoms with Gasteiger partial charge < -0.3 is 9.57 Å². The summed E-state index contributed by atoms with van der Waals surface area (Å²) in [5.41, 5.74) is 0. The minimum absolute atomic E-state index is 0.179. The van der Waals surface area contributed by atoms with Crippen molar-refractivity contribution in [3.05, 3.63) is 0 Å². The molecule has 1 fully saturated rings. The molecule has 1 atom stereocenters. The third kappa shape index (κ3) is 3.67. The summed E-state index contributed by atoms with van der Waals surface area (Å²) in [5, 5.41) is 0.994. The molecule has 0 radical (unpaired) electrons. The van der Waals surface area contributed by atoms with Gasteiger partial charge >= 0.3 is 12.1 Å². The molecular weight excluding hydrogens is 215 g/mol. The highest BCUT2D eigenvalue weighted by molar-refractivity contribution is 5.75.